The van der Waals surface area contributed by atoms with E-state index in [0.29, 0.717) is 0 Å². The zero-order valence-electron chi connectivity index (χ0n) is 5.84. The predicted octanol–water partition coefficient (Wildman–Crippen LogP) is -2.00. The summed E-state index contributed by atoms with van der Waals surface area (Å²) in [6.07, 6.45) is -3.42. The third kappa shape index (κ3) is 1.69. The summed E-state index contributed by atoms with van der Waals surface area (Å²) in [7, 11) is 0. The molecule has 0 aromatic heterocycles. The summed E-state index contributed by atoms with van der Waals surface area (Å²) >= 11 is 0. The molecular weight excluding hydrogens is 152 g/mol. The van der Waals surface area contributed by atoms with Crippen molar-refractivity contribution in [2.45, 2.75) is 18.3 Å². The first-order valence-electron chi connectivity index (χ1n) is 3.30. The van der Waals surface area contributed by atoms with Crippen LogP contribution in [0, 0.1) is 6.10 Å². The van der Waals surface area contributed by atoms with Gasteiger partial charge in [-0.3, -0.25) is 0 Å². The van der Waals surface area contributed by atoms with Crippen LogP contribution in [0.2, 0.25) is 0 Å². The van der Waals surface area contributed by atoms with E-state index in [2.05, 4.69) is 0 Å². The molecule has 1 saturated heterocycles. The Labute approximate surface area is 63.8 Å². The van der Waals surface area contributed by atoms with Gasteiger partial charge in [-0.15, -0.1) is 0 Å². The van der Waals surface area contributed by atoms with Gasteiger partial charge >= 0.3 is 0 Å². The lowest BCUT2D eigenvalue weighted by molar-refractivity contribution is -0.0164. The first-order valence-corrected chi connectivity index (χ1v) is 3.30. The molecule has 11 heavy (non-hydrogen) atoms. The van der Waals surface area contributed by atoms with Gasteiger partial charge in [0, 0.05) is 0 Å². The van der Waals surface area contributed by atoms with Crippen molar-refractivity contribution in [3.63, 3.8) is 0 Å². The minimum absolute atomic E-state index is 0.0180. The first-order chi connectivity index (χ1) is 5.16. The van der Waals surface area contributed by atoms with E-state index in [1.54, 1.807) is 0 Å². The lowest BCUT2D eigenvalue weighted by Gasteiger charge is -2.17. The molecule has 0 bridgehead atoms. The summed E-state index contributed by atoms with van der Waals surface area (Å²) < 4.78 is 4.78. The molecule has 1 fully saturated rings. The van der Waals surface area contributed by atoms with E-state index in [1.807, 2.05) is 0 Å². The smallest absolute Gasteiger partial charge is 0.150 e. The average Bonchev–Trinajstić information content (AvgIpc) is 2.32. The Hall–Kier alpha value is -0.200. The van der Waals surface area contributed by atoms with E-state index in [1.165, 1.54) is 0 Å². The monoisotopic (exact) mass is 163 g/mol. The van der Waals surface area contributed by atoms with Crippen LogP contribution in [0.25, 0.3) is 0 Å². The third-order valence-corrected chi connectivity index (χ3v) is 1.64. The Morgan fingerprint density at radius 2 is 2.09 bits per heavy atom. The Bertz CT molecular complexity index is 128. The normalized spacial score (nSPS) is 38.5. The van der Waals surface area contributed by atoms with Crippen molar-refractivity contribution < 1.29 is 25.2 Å². The highest BCUT2D eigenvalue weighted by atomic mass is 16.5. The zero-order chi connectivity index (χ0) is 8.43. The van der Waals surface area contributed by atoms with Gasteiger partial charge in [-0.1, -0.05) is 0 Å². The van der Waals surface area contributed by atoms with Gasteiger partial charge in [0.1, 0.15) is 24.4 Å². The number of aliphatic hydroxyl groups is 4. The molecule has 65 valence electrons. The SMILES string of the molecule is OC[C](O)[C@H]1OC[C@H](O)[C@H]1O. The predicted molar refractivity (Wildman–Crippen MR) is 34.0 cm³/mol. The van der Waals surface area contributed by atoms with Gasteiger partial charge in [0.05, 0.1) is 13.2 Å². The molecule has 1 radical (unpaired) electrons. The van der Waals surface area contributed by atoms with Gasteiger partial charge in [-0.05, 0) is 0 Å². The molecule has 0 aromatic rings. The number of hydrogen-bond donors (Lipinski definition) is 4. The van der Waals surface area contributed by atoms with Crippen LogP contribution in [-0.2, 0) is 4.74 Å². The maximum atomic E-state index is 9.09. The molecule has 1 rings (SSSR count). The van der Waals surface area contributed by atoms with Crippen LogP contribution in [0.3, 0.4) is 0 Å². The minimum Gasteiger partial charge on any atom is -0.393 e. The van der Waals surface area contributed by atoms with Crippen LogP contribution in [0.15, 0.2) is 0 Å². The fourth-order valence-electron chi connectivity index (χ4n) is 0.984. The topological polar surface area (TPSA) is 90.2 Å². The molecule has 4 N–H and O–H groups in total. The van der Waals surface area contributed by atoms with E-state index >= 15 is 0 Å². The van der Waals surface area contributed by atoms with Crippen molar-refractivity contribution in [3.8, 4) is 0 Å². The molecule has 0 aliphatic carbocycles. The molecule has 1 aliphatic rings. The lowest BCUT2D eigenvalue weighted by Crippen LogP contribution is -2.35. The van der Waals surface area contributed by atoms with Crippen molar-refractivity contribution >= 4 is 0 Å². The van der Waals surface area contributed by atoms with Gasteiger partial charge < -0.3 is 25.2 Å². The molecule has 0 amide bonds. The van der Waals surface area contributed by atoms with Crippen molar-refractivity contribution in [3.05, 3.63) is 6.10 Å². The van der Waals surface area contributed by atoms with E-state index in [0.717, 1.165) is 0 Å². The number of ether oxygens (including phenoxy) is 1. The van der Waals surface area contributed by atoms with Crippen molar-refractivity contribution in [2.24, 2.45) is 0 Å². The Morgan fingerprint density at radius 3 is 2.45 bits per heavy atom. The van der Waals surface area contributed by atoms with Gasteiger partial charge in [0.2, 0.25) is 0 Å². The van der Waals surface area contributed by atoms with E-state index in [9.17, 15) is 0 Å². The van der Waals surface area contributed by atoms with E-state index in [4.69, 9.17) is 25.2 Å². The van der Waals surface area contributed by atoms with Crippen LogP contribution in [0.1, 0.15) is 0 Å². The molecule has 1 aliphatic heterocycles. The summed E-state index contributed by atoms with van der Waals surface area (Å²) in [6, 6.07) is 0. The fourth-order valence-corrected chi connectivity index (χ4v) is 0.984. The van der Waals surface area contributed by atoms with Crippen LogP contribution < -0.4 is 0 Å². The molecule has 3 atom stereocenters. The summed E-state index contributed by atoms with van der Waals surface area (Å²) in [5, 5.41) is 35.4. The highest BCUT2D eigenvalue weighted by Crippen LogP contribution is 2.20. The van der Waals surface area contributed by atoms with Crippen LogP contribution in [0.5, 0.6) is 0 Å². The molecule has 0 aromatic carbocycles. The largest absolute Gasteiger partial charge is 0.393 e. The van der Waals surface area contributed by atoms with Gasteiger partial charge in [-0.2, -0.15) is 0 Å². The third-order valence-electron chi connectivity index (χ3n) is 1.64. The highest BCUT2D eigenvalue weighted by molar-refractivity contribution is 4.97. The van der Waals surface area contributed by atoms with Gasteiger partial charge in [0.25, 0.3) is 0 Å². The van der Waals surface area contributed by atoms with Crippen molar-refractivity contribution in [1.29, 1.82) is 0 Å². The number of hydrogen-bond acceptors (Lipinski definition) is 5. The summed E-state index contributed by atoms with van der Waals surface area (Å²) in [5.74, 6) is 0. The van der Waals surface area contributed by atoms with Crippen molar-refractivity contribution in [1.82, 2.24) is 0 Å². The Morgan fingerprint density at radius 1 is 1.45 bits per heavy atom. The highest BCUT2D eigenvalue weighted by Gasteiger charge is 2.39. The molecule has 1 heterocycles. The zero-order valence-corrected chi connectivity index (χ0v) is 5.84. The second kappa shape index (κ2) is 3.46. The Kier molecular flexibility index (Phi) is 2.80. The second-order valence-corrected chi connectivity index (χ2v) is 2.46. The Balaban J connectivity index is 2.47. The average molecular weight is 163 g/mol. The molecule has 0 unspecified atom stereocenters. The van der Waals surface area contributed by atoms with Gasteiger partial charge in [0.15, 0.2) is 0 Å². The molecule has 5 nitrogen and oxygen atoms in total. The summed E-state index contributed by atoms with van der Waals surface area (Å²) in [5.41, 5.74) is 0. The fraction of sp³-hybridized carbons (Fsp3) is 0.833. The van der Waals surface area contributed by atoms with Crippen LogP contribution in [0.4, 0.5) is 0 Å². The second-order valence-electron chi connectivity index (χ2n) is 2.46. The molecule has 0 saturated carbocycles. The van der Waals surface area contributed by atoms with E-state index < -0.39 is 24.9 Å². The quantitative estimate of drug-likeness (QED) is 0.378. The summed E-state index contributed by atoms with van der Waals surface area (Å²) in [6.45, 7) is -0.579. The molecule has 5 heteroatoms. The molecule has 0 spiro atoms. The van der Waals surface area contributed by atoms with Crippen molar-refractivity contribution in [2.75, 3.05) is 13.2 Å². The summed E-state index contributed by atoms with van der Waals surface area (Å²) in [4.78, 5) is 0. The minimum atomic E-state index is -1.14. The maximum absolute atomic E-state index is 9.09. The standard InChI is InChI=1S/C6H11O5/c7-1-3(8)6-5(10)4(9)2-11-6/h4-10H,1-2H2/t4-,5+,6+/m0/s1. The lowest BCUT2D eigenvalue weighted by atomic mass is 10.1. The van der Waals surface area contributed by atoms with Crippen LogP contribution >= 0.6 is 0 Å². The first kappa shape index (κ1) is 8.89. The van der Waals surface area contributed by atoms with Gasteiger partial charge in [-0.25, -0.2) is 0 Å². The maximum Gasteiger partial charge on any atom is 0.150 e. The number of rotatable bonds is 2. The van der Waals surface area contributed by atoms with Crippen LogP contribution in [-0.4, -0.2) is 52.0 Å². The molecular formula is C6H11O5. The van der Waals surface area contributed by atoms with E-state index in [-0.39, 0.29) is 12.7 Å². The number of aliphatic hydroxyl groups excluding tert-OH is 4.